The molecule has 0 radical (unpaired) electrons. The van der Waals surface area contributed by atoms with E-state index in [-0.39, 0.29) is 5.69 Å². The summed E-state index contributed by atoms with van der Waals surface area (Å²) in [5.74, 6) is 0. The van der Waals surface area contributed by atoms with E-state index in [9.17, 15) is 4.79 Å². The number of nitrogens with zero attached hydrogens (tertiary/aromatic N) is 4. The zero-order valence-electron chi connectivity index (χ0n) is 7.58. The van der Waals surface area contributed by atoms with Crippen molar-refractivity contribution in [3.8, 4) is 6.07 Å². The Bertz CT molecular complexity index is 672. The summed E-state index contributed by atoms with van der Waals surface area (Å²) in [7, 11) is 0. The van der Waals surface area contributed by atoms with Crippen LogP contribution < -0.4 is 5.56 Å². The number of hydrogen-bond acceptors (Lipinski definition) is 3. The number of hydrogen-bond donors (Lipinski definition) is 0. The van der Waals surface area contributed by atoms with Crippen LogP contribution in [0.2, 0.25) is 0 Å². The van der Waals surface area contributed by atoms with Crippen LogP contribution in [0.15, 0.2) is 35.3 Å². The standard InChI is InChI=1S/C10H5N4O/c11-6-7-5-8(13-12)10(15)14-4-2-1-3-9(7)14/h1-5H/q+1. The fourth-order valence-electron chi connectivity index (χ4n) is 1.40. The molecule has 0 aliphatic rings. The van der Waals surface area contributed by atoms with Gasteiger partial charge < -0.3 is 0 Å². The summed E-state index contributed by atoms with van der Waals surface area (Å²) in [5, 5.41) is 17.5. The number of pyridine rings is 2. The molecule has 0 N–H and O–H groups in total. The van der Waals surface area contributed by atoms with Gasteiger partial charge in [-0.25, -0.2) is 0 Å². The van der Waals surface area contributed by atoms with Gasteiger partial charge in [-0.1, -0.05) is 6.07 Å². The lowest BCUT2D eigenvalue weighted by Gasteiger charge is -1.98. The average Bonchev–Trinajstić information content (AvgIpc) is 2.30. The van der Waals surface area contributed by atoms with Gasteiger partial charge in [-0.2, -0.15) is 5.26 Å². The van der Waals surface area contributed by atoms with Gasteiger partial charge in [0.05, 0.1) is 17.1 Å². The largest absolute Gasteiger partial charge is 0.451 e. The number of nitriles is 1. The zero-order chi connectivity index (χ0) is 10.8. The quantitative estimate of drug-likeness (QED) is 0.602. The van der Waals surface area contributed by atoms with Crippen LogP contribution in [-0.2, 0) is 0 Å². The molecule has 0 fully saturated rings. The van der Waals surface area contributed by atoms with Gasteiger partial charge in [0.15, 0.2) is 4.98 Å². The predicted molar refractivity (Wildman–Crippen MR) is 53.1 cm³/mol. The van der Waals surface area contributed by atoms with Crippen LogP contribution in [0.3, 0.4) is 0 Å². The monoisotopic (exact) mass is 197 g/mol. The van der Waals surface area contributed by atoms with E-state index in [1.54, 1.807) is 18.2 Å². The van der Waals surface area contributed by atoms with Gasteiger partial charge in [0.25, 0.3) is 0 Å². The van der Waals surface area contributed by atoms with Gasteiger partial charge in [-0.3, -0.25) is 9.20 Å². The molecule has 0 saturated heterocycles. The van der Waals surface area contributed by atoms with Gasteiger partial charge >= 0.3 is 11.2 Å². The molecule has 0 aliphatic carbocycles. The molecule has 5 nitrogen and oxygen atoms in total. The highest BCUT2D eigenvalue weighted by molar-refractivity contribution is 5.65. The van der Waals surface area contributed by atoms with Crippen molar-refractivity contribution < 1.29 is 0 Å². The second-order valence-electron chi connectivity index (χ2n) is 2.92. The first-order valence-electron chi connectivity index (χ1n) is 4.17. The van der Waals surface area contributed by atoms with Crippen molar-refractivity contribution in [1.82, 2.24) is 4.40 Å². The molecule has 2 aromatic heterocycles. The minimum absolute atomic E-state index is 0.143. The Morgan fingerprint density at radius 2 is 2.20 bits per heavy atom. The van der Waals surface area contributed by atoms with E-state index in [4.69, 9.17) is 10.7 Å². The molecule has 70 valence electrons. The molecule has 0 unspecified atom stereocenters. The van der Waals surface area contributed by atoms with Crippen LogP contribution in [-0.4, -0.2) is 4.40 Å². The third kappa shape index (κ3) is 1.23. The molecule has 0 aromatic carbocycles. The second-order valence-corrected chi connectivity index (χ2v) is 2.92. The fraction of sp³-hybridized carbons (Fsp3) is 0. The normalized spacial score (nSPS) is 9.47. The van der Waals surface area contributed by atoms with Crippen LogP contribution >= 0.6 is 0 Å². The molecule has 2 aromatic rings. The Balaban J connectivity index is 3.07. The lowest BCUT2D eigenvalue weighted by molar-refractivity contribution is 1.10. The van der Waals surface area contributed by atoms with E-state index >= 15 is 0 Å². The fourth-order valence-corrected chi connectivity index (χ4v) is 1.40. The van der Waals surface area contributed by atoms with Crippen LogP contribution in [0.25, 0.3) is 10.5 Å². The molecular formula is C10H5N4O+. The summed E-state index contributed by atoms with van der Waals surface area (Å²) in [6, 6.07) is 8.25. The highest BCUT2D eigenvalue weighted by Crippen LogP contribution is 2.13. The SMILES string of the molecule is N#Cc1cc([N+]#N)c(=O)n2ccccc12. The Morgan fingerprint density at radius 1 is 1.40 bits per heavy atom. The summed E-state index contributed by atoms with van der Waals surface area (Å²) in [5.41, 5.74) is 0.197. The maximum atomic E-state index is 11.6. The minimum atomic E-state index is -0.452. The van der Waals surface area contributed by atoms with Crippen molar-refractivity contribution in [1.29, 1.82) is 10.7 Å². The highest BCUT2D eigenvalue weighted by Gasteiger charge is 2.17. The minimum Gasteiger partial charge on any atom is -0.276 e. The summed E-state index contributed by atoms with van der Waals surface area (Å²) in [6.45, 7) is 0. The molecule has 0 saturated carbocycles. The summed E-state index contributed by atoms with van der Waals surface area (Å²) < 4.78 is 1.27. The Hall–Kier alpha value is -2.66. The Morgan fingerprint density at radius 3 is 2.87 bits per heavy atom. The third-order valence-corrected chi connectivity index (χ3v) is 2.08. The van der Waals surface area contributed by atoms with Crippen LogP contribution in [0.1, 0.15) is 5.56 Å². The Kier molecular flexibility index (Phi) is 1.93. The van der Waals surface area contributed by atoms with Crippen molar-refractivity contribution >= 4 is 11.2 Å². The van der Waals surface area contributed by atoms with Crippen LogP contribution in [0.5, 0.6) is 0 Å². The number of aromatic nitrogens is 1. The molecule has 5 heteroatoms. The van der Waals surface area contributed by atoms with Crippen molar-refractivity contribution in [2.75, 3.05) is 0 Å². The summed E-state index contributed by atoms with van der Waals surface area (Å²) in [6.07, 6.45) is 1.52. The van der Waals surface area contributed by atoms with E-state index in [0.29, 0.717) is 11.1 Å². The average molecular weight is 197 g/mol. The van der Waals surface area contributed by atoms with Gasteiger partial charge in [0.2, 0.25) is 5.39 Å². The van der Waals surface area contributed by atoms with Gasteiger partial charge in [-0.15, -0.1) is 0 Å². The molecule has 0 bridgehead atoms. The molecule has 0 aliphatic heterocycles. The van der Waals surface area contributed by atoms with E-state index in [2.05, 4.69) is 4.98 Å². The summed E-state index contributed by atoms with van der Waals surface area (Å²) in [4.78, 5) is 14.5. The molecule has 2 heterocycles. The Labute approximate surface area is 84.4 Å². The molecule has 0 atom stereocenters. The first-order valence-corrected chi connectivity index (χ1v) is 4.17. The van der Waals surface area contributed by atoms with Gasteiger partial charge in [0, 0.05) is 6.20 Å². The molecule has 0 spiro atoms. The molecular weight excluding hydrogens is 192 g/mol. The zero-order valence-corrected chi connectivity index (χ0v) is 7.58. The van der Waals surface area contributed by atoms with E-state index in [1.807, 2.05) is 6.07 Å². The second kappa shape index (κ2) is 3.24. The van der Waals surface area contributed by atoms with E-state index < -0.39 is 5.56 Å². The van der Waals surface area contributed by atoms with Crippen molar-refractivity contribution in [3.63, 3.8) is 0 Å². The van der Waals surface area contributed by atoms with E-state index in [0.717, 1.165) is 0 Å². The molecule has 0 amide bonds. The van der Waals surface area contributed by atoms with Gasteiger partial charge in [0.1, 0.15) is 6.07 Å². The van der Waals surface area contributed by atoms with Crippen molar-refractivity contribution in [2.45, 2.75) is 0 Å². The number of rotatable bonds is 0. The third-order valence-electron chi connectivity index (χ3n) is 2.08. The van der Waals surface area contributed by atoms with Crippen molar-refractivity contribution in [3.05, 3.63) is 51.4 Å². The van der Waals surface area contributed by atoms with Crippen LogP contribution in [0, 0.1) is 16.7 Å². The van der Waals surface area contributed by atoms with E-state index in [1.165, 1.54) is 16.7 Å². The lowest BCUT2D eigenvalue weighted by atomic mass is 10.2. The smallest absolute Gasteiger partial charge is 0.276 e. The highest BCUT2D eigenvalue weighted by atomic mass is 16.1. The van der Waals surface area contributed by atoms with Crippen molar-refractivity contribution in [2.24, 2.45) is 0 Å². The molecule has 2 rings (SSSR count). The summed E-state index contributed by atoms with van der Waals surface area (Å²) >= 11 is 0. The topological polar surface area (TPSA) is 73.4 Å². The van der Waals surface area contributed by atoms with Crippen LogP contribution in [0.4, 0.5) is 5.69 Å². The maximum absolute atomic E-state index is 11.6. The maximum Gasteiger partial charge on any atom is 0.451 e. The number of diazo groups is 1. The first-order chi connectivity index (χ1) is 7.27. The number of fused-ring (bicyclic) bond motifs is 1. The molecule has 15 heavy (non-hydrogen) atoms. The predicted octanol–water partition coefficient (Wildman–Crippen LogP) is 1.66. The first kappa shape index (κ1) is 8.92. The lowest BCUT2D eigenvalue weighted by Crippen LogP contribution is -2.12. The van der Waals surface area contributed by atoms with Gasteiger partial charge in [-0.05, 0) is 12.1 Å².